The van der Waals surface area contributed by atoms with E-state index < -0.39 is 16.2 Å². The molecule has 7 nitrogen and oxygen atoms in total. The summed E-state index contributed by atoms with van der Waals surface area (Å²) in [6, 6.07) is 0.0167. The van der Waals surface area contributed by atoms with Crippen molar-refractivity contribution >= 4 is 17.7 Å². The molecule has 27 heavy (non-hydrogen) atoms. The summed E-state index contributed by atoms with van der Waals surface area (Å²) in [5.74, 6) is 0.0432. The van der Waals surface area contributed by atoms with Crippen molar-refractivity contribution in [2.45, 2.75) is 61.4 Å². The summed E-state index contributed by atoms with van der Waals surface area (Å²) >= 11 is 0. The number of nitrogens with zero attached hydrogens (tertiary/aromatic N) is 1. The third-order valence-electron chi connectivity index (χ3n) is 5.05. The highest BCUT2D eigenvalue weighted by atomic mass is 16.2. The molecule has 1 atom stereocenters. The Labute approximate surface area is 164 Å². The first kappa shape index (κ1) is 23.4. The van der Waals surface area contributed by atoms with Gasteiger partial charge in [-0.05, 0) is 13.8 Å². The molecule has 1 fully saturated rings. The van der Waals surface area contributed by atoms with Gasteiger partial charge >= 0.3 is 0 Å². The molecule has 0 aromatic heterocycles. The van der Waals surface area contributed by atoms with Crippen molar-refractivity contribution in [3.8, 4) is 0 Å². The van der Waals surface area contributed by atoms with Gasteiger partial charge in [-0.3, -0.25) is 19.3 Å². The van der Waals surface area contributed by atoms with Gasteiger partial charge in [0.1, 0.15) is 0 Å². The standard InChI is InChI=1S/C20H38N4O3/c1-18(2,3)15(25)21-9-11-24(12-10-22-16(26)19(4,5)6)14-13-23-17(27)20(14,7)8/h14H,9-13H2,1-8H3,(H,21,25)(H,22,26)(H,23,27). The van der Waals surface area contributed by atoms with Crippen LogP contribution in [0.3, 0.4) is 0 Å². The molecular weight excluding hydrogens is 344 g/mol. The van der Waals surface area contributed by atoms with Gasteiger partial charge in [0.05, 0.1) is 5.41 Å². The Morgan fingerprint density at radius 3 is 1.70 bits per heavy atom. The first-order valence-corrected chi connectivity index (χ1v) is 9.76. The maximum Gasteiger partial charge on any atom is 0.227 e. The SMILES string of the molecule is CC(C)(C)C(=O)NCCN(CCNC(=O)C(C)(C)C)C1CNC(=O)C1(C)C. The highest BCUT2D eigenvalue weighted by Crippen LogP contribution is 2.29. The summed E-state index contributed by atoms with van der Waals surface area (Å²) < 4.78 is 0. The lowest BCUT2D eigenvalue weighted by Gasteiger charge is -2.35. The zero-order valence-corrected chi connectivity index (χ0v) is 18.3. The Bertz CT molecular complexity index is 527. The average Bonchev–Trinajstić information content (AvgIpc) is 2.77. The number of hydrogen-bond acceptors (Lipinski definition) is 4. The first-order valence-electron chi connectivity index (χ1n) is 9.76. The average molecular weight is 383 g/mol. The summed E-state index contributed by atoms with van der Waals surface area (Å²) in [6.45, 7) is 18.0. The van der Waals surface area contributed by atoms with Crippen LogP contribution in [0, 0.1) is 16.2 Å². The highest BCUT2D eigenvalue weighted by Gasteiger charge is 2.45. The monoisotopic (exact) mass is 382 g/mol. The highest BCUT2D eigenvalue weighted by molar-refractivity contribution is 5.85. The molecule has 0 spiro atoms. The maximum absolute atomic E-state index is 12.2. The Morgan fingerprint density at radius 2 is 1.41 bits per heavy atom. The van der Waals surface area contributed by atoms with Gasteiger partial charge in [0.25, 0.3) is 0 Å². The molecule has 156 valence electrons. The van der Waals surface area contributed by atoms with E-state index in [0.717, 1.165) is 0 Å². The molecule has 1 heterocycles. The number of carbonyl (C=O) groups is 3. The number of carbonyl (C=O) groups excluding carboxylic acids is 3. The van der Waals surface area contributed by atoms with Crippen molar-refractivity contribution in [3.05, 3.63) is 0 Å². The van der Waals surface area contributed by atoms with Gasteiger partial charge in [-0.2, -0.15) is 0 Å². The molecule has 1 rings (SSSR count). The van der Waals surface area contributed by atoms with Gasteiger partial charge < -0.3 is 16.0 Å². The van der Waals surface area contributed by atoms with Gasteiger partial charge in [-0.25, -0.2) is 0 Å². The van der Waals surface area contributed by atoms with Crippen molar-refractivity contribution in [2.24, 2.45) is 16.2 Å². The molecule has 3 N–H and O–H groups in total. The fourth-order valence-corrected chi connectivity index (χ4v) is 2.99. The smallest absolute Gasteiger partial charge is 0.227 e. The normalized spacial score (nSPS) is 19.7. The molecule has 3 amide bonds. The molecule has 1 saturated heterocycles. The predicted octanol–water partition coefficient (Wildman–Crippen LogP) is 1.14. The zero-order chi connectivity index (χ0) is 21.0. The molecular formula is C20H38N4O3. The van der Waals surface area contributed by atoms with Gasteiger partial charge in [0.15, 0.2) is 0 Å². The molecule has 7 heteroatoms. The second-order valence-electron chi connectivity index (χ2n) is 10.00. The van der Waals surface area contributed by atoms with Gasteiger partial charge in [-0.15, -0.1) is 0 Å². The number of hydrogen-bond donors (Lipinski definition) is 3. The summed E-state index contributed by atoms with van der Waals surface area (Å²) in [7, 11) is 0. The lowest BCUT2D eigenvalue weighted by molar-refractivity contribution is -0.129. The second-order valence-corrected chi connectivity index (χ2v) is 10.00. The van der Waals surface area contributed by atoms with E-state index in [2.05, 4.69) is 20.9 Å². The Hall–Kier alpha value is -1.63. The minimum atomic E-state index is -0.512. The molecule has 1 unspecified atom stereocenters. The minimum absolute atomic E-state index is 0.00312. The number of amides is 3. The van der Waals surface area contributed by atoms with E-state index in [1.54, 1.807) is 0 Å². The van der Waals surface area contributed by atoms with Crippen LogP contribution < -0.4 is 16.0 Å². The van der Waals surface area contributed by atoms with E-state index >= 15 is 0 Å². The van der Waals surface area contributed by atoms with Crippen LogP contribution >= 0.6 is 0 Å². The van der Waals surface area contributed by atoms with Gasteiger partial charge in [-0.1, -0.05) is 41.5 Å². The summed E-state index contributed by atoms with van der Waals surface area (Å²) in [6.07, 6.45) is 0. The molecule has 0 aromatic carbocycles. The molecule has 0 saturated carbocycles. The van der Waals surface area contributed by atoms with Crippen LogP contribution in [0.2, 0.25) is 0 Å². The Balaban J connectivity index is 2.71. The van der Waals surface area contributed by atoms with E-state index in [0.29, 0.717) is 32.7 Å². The molecule has 0 aromatic rings. The van der Waals surface area contributed by atoms with E-state index in [-0.39, 0.29) is 23.8 Å². The van der Waals surface area contributed by atoms with Crippen LogP contribution in [0.4, 0.5) is 0 Å². The summed E-state index contributed by atoms with van der Waals surface area (Å²) in [4.78, 5) is 38.6. The Morgan fingerprint density at radius 1 is 1.00 bits per heavy atom. The third kappa shape index (κ3) is 6.48. The van der Waals surface area contributed by atoms with Crippen LogP contribution in [0.1, 0.15) is 55.4 Å². The fraction of sp³-hybridized carbons (Fsp3) is 0.850. The van der Waals surface area contributed by atoms with Crippen molar-refractivity contribution in [2.75, 3.05) is 32.7 Å². The van der Waals surface area contributed by atoms with Crippen molar-refractivity contribution in [3.63, 3.8) is 0 Å². The van der Waals surface area contributed by atoms with Gasteiger partial charge in [0, 0.05) is 49.6 Å². The van der Waals surface area contributed by atoms with E-state index in [1.165, 1.54) is 0 Å². The number of nitrogens with one attached hydrogen (secondary N) is 3. The van der Waals surface area contributed by atoms with Crippen LogP contribution in [-0.2, 0) is 14.4 Å². The van der Waals surface area contributed by atoms with Crippen LogP contribution in [-0.4, -0.2) is 61.4 Å². The quantitative estimate of drug-likeness (QED) is 0.616. The van der Waals surface area contributed by atoms with Crippen LogP contribution in [0.25, 0.3) is 0 Å². The molecule has 0 aliphatic carbocycles. The predicted molar refractivity (Wildman–Crippen MR) is 107 cm³/mol. The van der Waals surface area contributed by atoms with Crippen molar-refractivity contribution < 1.29 is 14.4 Å². The minimum Gasteiger partial charge on any atom is -0.354 e. The fourth-order valence-electron chi connectivity index (χ4n) is 2.99. The molecule has 0 bridgehead atoms. The lowest BCUT2D eigenvalue weighted by atomic mass is 9.86. The van der Waals surface area contributed by atoms with E-state index in [4.69, 9.17) is 0 Å². The largest absolute Gasteiger partial charge is 0.354 e. The van der Waals surface area contributed by atoms with E-state index in [9.17, 15) is 14.4 Å². The van der Waals surface area contributed by atoms with E-state index in [1.807, 2.05) is 55.4 Å². The second kappa shape index (κ2) is 8.59. The summed E-state index contributed by atoms with van der Waals surface area (Å²) in [5, 5.41) is 8.86. The number of rotatable bonds is 7. The zero-order valence-electron chi connectivity index (χ0n) is 18.3. The van der Waals surface area contributed by atoms with Crippen LogP contribution in [0.5, 0.6) is 0 Å². The van der Waals surface area contributed by atoms with Crippen molar-refractivity contribution in [1.82, 2.24) is 20.9 Å². The maximum atomic E-state index is 12.2. The molecule has 0 radical (unpaired) electrons. The van der Waals surface area contributed by atoms with Gasteiger partial charge in [0.2, 0.25) is 17.7 Å². The topological polar surface area (TPSA) is 90.5 Å². The first-order chi connectivity index (χ1) is 12.2. The summed E-state index contributed by atoms with van der Waals surface area (Å²) in [5.41, 5.74) is -1.38. The van der Waals surface area contributed by atoms with Crippen LogP contribution in [0.15, 0.2) is 0 Å². The lowest BCUT2D eigenvalue weighted by Crippen LogP contribution is -2.51. The Kier molecular flexibility index (Phi) is 7.45. The molecule has 1 aliphatic heterocycles. The molecule has 1 aliphatic rings. The third-order valence-corrected chi connectivity index (χ3v) is 5.05. The van der Waals surface area contributed by atoms with Crippen molar-refractivity contribution in [1.29, 1.82) is 0 Å².